The summed E-state index contributed by atoms with van der Waals surface area (Å²) in [6.07, 6.45) is 5.62. The van der Waals surface area contributed by atoms with Crippen LogP contribution in [-0.4, -0.2) is 0 Å². The third-order valence-electron chi connectivity index (χ3n) is 7.90. The van der Waals surface area contributed by atoms with Gasteiger partial charge in [-0.05, 0) is 0 Å². The van der Waals surface area contributed by atoms with Gasteiger partial charge in [0, 0.05) is 0 Å². The Bertz CT molecular complexity index is 2000. The monoisotopic (exact) mass is 733 g/mol. The molecule has 0 unspecified atom stereocenters. The van der Waals surface area contributed by atoms with Crippen LogP contribution in [0.1, 0.15) is 39.8 Å². The number of rotatable bonds is 4. The minimum absolute atomic E-state index is 0. The molecule has 0 amide bonds. The second kappa shape index (κ2) is 12.3. The van der Waals surface area contributed by atoms with E-state index < -0.39 is 0 Å². The van der Waals surface area contributed by atoms with Crippen LogP contribution in [0, 0.1) is 17.4 Å². The van der Waals surface area contributed by atoms with E-state index in [2.05, 4.69) is 140 Å². The summed E-state index contributed by atoms with van der Waals surface area (Å²) in [5.74, 6) is 0. The molecular weight excluding hydrogens is 706 g/mol. The SMILES string of the molecule is Cc1cccc(C2=C(c3c4c(ccc3=C(c3ccccc3)c3ccccc3)=c3ccccc3=[C]4[Hf+2])CC=C2)c1.[Cl-].[Cl-]. The van der Waals surface area contributed by atoms with Gasteiger partial charge in [0.25, 0.3) is 0 Å². The van der Waals surface area contributed by atoms with Crippen LogP contribution >= 0.6 is 0 Å². The molecule has 0 saturated carbocycles. The molecule has 3 heteroatoms. The Morgan fingerprint density at radius 2 is 1.24 bits per heavy atom. The quantitative estimate of drug-likeness (QED) is 0.246. The third-order valence-corrected chi connectivity index (χ3v) is 9.76. The Balaban J connectivity index is 0.00000169. The molecule has 0 bridgehead atoms. The first-order chi connectivity index (χ1) is 19.2. The van der Waals surface area contributed by atoms with Gasteiger partial charge in [0.1, 0.15) is 0 Å². The molecule has 0 nitrogen and oxygen atoms in total. The van der Waals surface area contributed by atoms with Gasteiger partial charge in [-0.3, -0.25) is 0 Å². The van der Waals surface area contributed by atoms with Gasteiger partial charge in [-0.15, -0.1) is 0 Å². The van der Waals surface area contributed by atoms with Crippen molar-refractivity contribution in [3.63, 3.8) is 0 Å². The topological polar surface area (TPSA) is 0 Å². The van der Waals surface area contributed by atoms with Crippen LogP contribution in [0.3, 0.4) is 0 Å². The fourth-order valence-corrected chi connectivity index (χ4v) is 7.91. The molecule has 0 heterocycles. The van der Waals surface area contributed by atoms with Gasteiger partial charge in [-0.1, -0.05) is 0 Å². The van der Waals surface area contributed by atoms with Gasteiger partial charge >= 0.3 is 246 Å². The van der Waals surface area contributed by atoms with Crippen molar-refractivity contribution < 1.29 is 49.2 Å². The molecule has 5 aromatic rings. The molecule has 0 aliphatic heterocycles. The van der Waals surface area contributed by atoms with E-state index in [1.165, 1.54) is 74.3 Å². The molecule has 0 aromatic heterocycles. The van der Waals surface area contributed by atoms with Gasteiger partial charge < -0.3 is 24.8 Å². The number of halogens is 2. The first-order valence-corrected chi connectivity index (χ1v) is 15.3. The molecule has 41 heavy (non-hydrogen) atoms. The first-order valence-electron chi connectivity index (χ1n) is 13.5. The third kappa shape index (κ3) is 5.17. The summed E-state index contributed by atoms with van der Waals surface area (Å²) >= 11 is 0.986. The number of aryl methyl sites for hydroxylation is 1. The van der Waals surface area contributed by atoms with E-state index in [0.29, 0.717) is 0 Å². The zero-order valence-corrected chi connectivity index (χ0v) is 27.8. The fourth-order valence-electron chi connectivity index (χ4n) is 6.19. The molecule has 0 radical (unpaired) electrons. The van der Waals surface area contributed by atoms with E-state index in [-0.39, 0.29) is 24.8 Å². The van der Waals surface area contributed by atoms with Gasteiger partial charge in [0.05, 0.1) is 0 Å². The number of hydrogen-bond donors (Lipinski definition) is 0. The predicted molar refractivity (Wildman–Crippen MR) is 159 cm³/mol. The van der Waals surface area contributed by atoms with Crippen molar-refractivity contribution in [2.24, 2.45) is 0 Å². The second-order valence-electron chi connectivity index (χ2n) is 10.3. The molecule has 2 aliphatic carbocycles. The zero-order chi connectivity index (χ0) is 26.3. The molecule has 0 saturated heterocycles. The summed E-state index contributed by atoms with van der Waals surface area (Å²) in [4.78, 5) is 0. The Morgan fingerprint density at radius 1 is 0.610 bits per heavy atom. The Labute approximate surface area is 268 Å². The summed E-state index contributed by atoms with van der Waals surface area (Å²) in [6, 6.07) is 44.5. The van der Waals surface area contributed by atoms with Crippen molar-refractivity contribution in [2.75, 3.05) is 0 Å². The normalized spacial score (nSPS) is 12.9. The Kier molecular flexibility index (Phi) is 8.80. The Hall–Kier alpha value is -3.23. The molecule has 197 valence electrons. The van der Waals surface area contributed by atoms with Gasteiger partial charge in [-0.2, -0.15) is 0 Å². The van der Waals surface area contributed by atoms with E-state index in [1.807, 2.05) is 0 Å². The second-order valence-corrected chi connectivity index (χ2v) is 12.1. The molecule has 0 atom stereocenters. The fraction of sp³-hybridized carbons (Fsp3) is 0.0526. The number of allylic oxidation sites excluding steroid dienone is 4. The van der Waals surface area contributed by atoms with Crippen molar-refractivity contribution in [1.82, 2.24) is 0 Å². The molecule has 0 fully saturated rings. The molecule has 2 aliphatic rings. The van der Waals surface area contributed by atoms with E-state index in [0.717, 1.165) is 30.8 Å². The smallest absolute Gasteiger partial charge is 1.00 e. The van der Waals surface area contributed by atoms with Crippen molar-refractivity contribution in [2.45, 2.75) is 13.3 Å². The standard InChI is InChI=1S/C38H27.2ClH.Hf/c1-26-12-10-18-29(24-26)32-20-11-21-34(32)38-35(23-22-33-31-19-9-8-17-30(31)25-36(33)38)37(27-13-4-2-5-14-27)28-15-6-3-7-16-28;;;/h2-20,22-24H,21H2,1H3;2*1H;/q;;;+2/p-2. The molecular formula is C38H27Cl2Hf. The maximum Gasteiger partial charge on any atom is -1.00 e. The number of fused-ring (bicyclic) bond motifs is 2. The summed E-state index contributed by atoms with van der Waals surface area (Å²) < 4.78 is 1.50. The average molecular weight is 733 g/mol. The van der Waals surface area contributed by atoms with Crippen LogP contribution in [-0.2, 0) is 24.4 Å². The summed E-state index contributed by atoms with van der Waals surface area (Å²) in [5.41, 5.74) is 12.0. The minimum Gasteiger partial charge on any atom is -1.00 e. The van der Waals surface area contributed by atoms with Crippen molar-refractivity contribution >= 4 is 20.0 Å². The maximum atomic E-state index is 2.39. The largest absolute Gasteiger partial charge is 1.00 e. The summed E-state index contributed by atoms with van der Waals surface area (Å²) in [6.45, 7) is 2.19. The van der Waals surface area contributed by atoms with Crippen molar-refractivity contribution in [3.05, 3.63) is 188 Å². The van der Waals surface area contributed by atoms with E-state index in [1.54, 1.807) is 0 Å². The zero-order valence-electron chi connectivity index (χ0n) is 22.7. The molecule has 5 aromatic carbocycles. The predicted octanol–water partition coefficient (Wildman–Crippen LogP) is 1.42. The maximum absolute atomic E-state index is 2.39. The summed E-state index contributed by atoms with van der Waals surface area (Å²) in [5, 5.41) is 5.46. The first kappa shape index (κ1) is 29.3. The molecule has 7 rings (SSSR count). The Morgan fingerprint density at radius 3 is 1.90 bits per heavy atom. The average Bonchev–Trinajstić information content (AvgIpc) is 3.58. The van der Waals surface area contributed by atoms with E-state index >= 15 is 0 Å². The number of hydrogen-bond acceptors (Lipinski definition) is 0. The number of benzene rings is 5. The molecule has 0 N–H and O–H groups in total. The van der Waals surface area contributed by atoms with Crippen LogP contribution in [0.5, 0.6) is 0 Å². The molecule has 0 spiro atoms. The van der Waals surface area contributed by atoms with Crippen molar-refractivity contribution in [1.29, 1.82) is 0 Å². The van der Waals surface area contributed by atoms with Crippen LogP contribution in [0.25, 0.3) is 20.0 Å². The van der Waals surface area contributed by atoms with Crippen LogP contribution in [0.4, 0.5) is 0 Å². The van der Waals surface area contributed by atoms with Gasteiger partial charge in [0.15, 0.2) is 0 Å². The summed E-state index contributed by atoms with van der Waals surface area (Å²) in [7, 11) is 0. The van der Waals surface area contributed by atoms with Crippen LogP contribution in [0.15, 0.2) is 133 Å². The van der Waals surface area contributed by atoms with E-state index in [9.17, 15) is 0 Å². The van der Waals surface area contributed by atoms with Gasteiger partial charge in [-0.25, -0.2) is 0 Å². The van der Waals surface area contributed by atoms with Crippen LogP contribution < -0.4 is 35.3 Å². The van der Waals surface area contributed by atoms with E-state index in [4.69, 9.17) is 0 Å². The minimum atomic E-state index is 0. The van der Waals surface area contributed by atoms with Crippen LogP contribution in [0.2, 0.25) is 0 Å². The van der Waals surface area contributed by atoms with Gasteiger partial charge in [0.2, 0.25) is 0 Å². The van der Waals surface area contributed by atoms with Crippen molar-refractivity contribution in [3.8, 4) is 0 Å².